The van der Waals surface area contributed by atoms with E-state index in [1.54, 1.807) is 0 Å². The van der Waals surface area contributed by atoms with Gasteiger partial charge in [0.05, 0.1) is 11.1 Å². The fourth-order valence-electron chi connectivity index (χ4n) is 4.34. The minimum Gasteiger partial charge on any atom is -0.483 e. The SMILES string of the molecule is CC(=O)Oc1ccc(-c2coc3c4c(c(CC=C(C)C)c(OC(C)=O)c3c2=O)OC(C)(C)C=C4)cc1OC(C)=O. The molecular weight excluding hydrogens is 516 g/mol. The Labute approximate surface area is 231 Å². The maximum absolute atomic E-state index is 14.1. The van der Waals surface area contributed by atoms with E-state index >= 15 is 0 Å². The molecule has 0 atom stereocenters. The first-order valence-corrected chi connectivity index (χ1v) is 12.6. The molecule has 4 rings (SSSR count). The van der Waals surface area contributed by atoms with Crippen molar-refractivity contribution in [2.75, 3.05) is 0 Å². The number of carbonyl (C=O) groups excluding carboxylic acids is 3. The first-order chi connectivity index (χ1) is 18.8. The van der Waals surface area contributed by atoms with Crippen molar-refractivity contribution in [2.24, 2.45) is 0 Å². The van der Waals surface area contributed by atoms with Gasteiger partial charge in [0.15, 0.2) is 22.8 Å². The van der Waals surface area contributed by atoms with Crippen molar-refractivity contribution in [1.82, 2.24) is 0 Å². The van der Waals surface area contributed by atoms with Crippen LogP contribution in [-0.4, -0.2) is 23.5 Å². The lowest BCUT2D eigenvalue weighted by Gasteiger charge is -2.30. The van der Waals surface area contributed by atoms with Gasteiger partial charge in [-0.15, -0.1) is 0 Å². The van der Waals surface area contributed by atoms with Gasteiger partial charge in [0.2, 0.25) is 5.43 Å². The average molecular weight is 547 g/mol. The van der Waals surface area contributed by atoms with Crippen LogP contribution in [0, 0.1) is 0 Å². The molecule has 1 aliphatic rings. The van der Waals surface area contributed by atoms with E-state index in [9.17, 15) is 19.2 Å². The maximum atomic E-state index is 14.1. The molecular formula is C31H30O9. The smallest absolute Gasteiger partial charge is 0.308 e. The number of benzene rings is 2. The molecule has 9 nitrogen and oxygen atoms in total. The molecule has 0 unspecified atom stereocenters. The molecule has 0 radical (unpaired) electrons. The fraction of sp³-hybridized carbons (Fsp3) is 0.290. The highest BCUT2D eigenvalue weighted by Crippen LogP contribution is 2.45. The maximum Gasteiger partial charge on any atom is 0.308 e. The summed E-state index contributed by atoms with van der Waals surface area (Å²) in [6, 6.07) is 4.34. The average Bonchev–Trinajstić information content (AvgIpc) is 2.83. The van der Waals surface area contributed by atoms with Crippen LogP contribution in [0.15, 0.2) is 51.4 Å². The molecule has 0 saturated carbocycles. The lowest BCUT2D eigenvalue weighted by atomic mass is 9.93. The Morgan fingerprint density at radius 2 is 1.57 bits per heavy atom. The Hall–Kier alpha value is -4.66. The Balaban J connectivity index is 2.05. The third-order valence-electron chi connectivity index (χ3n) is 6.00. The first-order valence-electron chi connectivity index (χ1n) is 12.6. The number of carbonyl (C=O) groups is 3. The summed E-state index contributed by atoms with van der Waals surface area (Å²) in [6.07, 6.45) is 7.26. The van der Waals surface area contributed by atoms with Crippen LogP contribution >= 0.6 is 0 Å². The standard InChI is InChI=1S/C31H30O9/c1-16(2)8-10-21-28-22(12-13-31(6,7)40-28)29-26(30(21)39-19(5)34)27(35)23(15-36-29)20-9-11-24(37-17(3)32)25(14-20)38-18(4)33/h8-9,11-15H,10H2,1-7H3. The molecule has 0 aliphatic carbocycles. The van der Waals surface area contributed by atoms with Gasteiger partial charge >= 0.3 is 17.9 Å². The number of fused-ring (bicyclic) bond motifs is 3. The molecule has 0 fully saturated rings. The summed E-state index contributed by atoms with van der Waals surface area (Å²) >= 11 is 0. The molecule has 208 valence electrons. The van der Waals surface area contributed by atoms with Gasteiger partial charge in [-0.25, -0.2) is 0 Å². The highest BCUT2D eigenvalue weighted by molar-refractivity contribution is 5.98. The monoisotopic (exact) mass is 546 g/mol. The van der Waals surface area contributed by atoms with E-state index in [2.05, 4.69) is 0 Å². The largest absolute Gasteiger partial charge is 0.483 e. The van der Waals surface area contributed by atoms with Gasteiger partial charge in [-0.05, 0) is 64.0 Å². The molecule has 0 N–H and O–H groups in total. The molecule has 0 bridgehead atoms. The number of esters is 3. The van der Waals surface area contributed by atoms with Gasteiger partial charge < -0.3 is 23.4 Å². The predicted molar refractivity (Wildman–Crippen MR) is 149 cm³/mol. The molecule has 2 aromatic carbocycles. The number of rotatable bonds is 6. The summed E-state index contributed by atoms with van der Waals surface area (Å²) in [5, 5.41) is 0.0645. The van der Waals surface area contributed by atoms with Crippen LogP contribution in [0.1, 0.15) is 59.6 Å². The summed E-state index contributed by atoms with van der Waals surface area (Å²) < 4.78 is 28.4. The molecule has 9 heteroatoms. The second kappa shape index (κ2) is 10.8. The molecule has 3 aromatic rings. The zero-order valence-electron chi connectivity index (χ0n) is 23.4. The van der Waals surface area contributed by atoms with Gasteiger partial charge in [0, 0.05) is 26.3 Å². The number of hydrogen-bond donors (Lipinski definition) is 0. The molecule has 0 spiro atoms. The molecule has 2 heterocycles. The van der Waals surface area contributed by atoms with E-state index in [-0.39, 0.29) is 33.8 Å². The van der Waals surface area contributed by atoms with E-state index in [0.29, 0.717) is 28.9 Å². The normalized spacial score (nSPS) is 13.2. The lowest BCUT2D eigenvalue weighted by Crippen LogP contribution is -2.28. The number of ether oxygens (including phenoxy) is 4. The van der Waals surface area contributed by atoms with Crippen molar-refractivity contribution < 1.29 is 37.7 Å². The first kappa shape index (κ1) is 28.4. The Morgan fingerprint density at radius 1 is 0.925 bits per heavy atom. The highest BCUT2D eigenvalue weighted by atomic mass is 16.6. The van der Waals surface area contributed by atoms with Gasteiger partial charge in [-0.1, -0.05) is 17.7 Å². The second-order valence-corrected chi connectivity index (χ2v) is 10.2. The van der Waals surface area contributed by atoms with Crippen LogP contribution in [0.5, 0.6) is 23.0 Å². The van der Waals surface area contributed by atoms with Crippen LogP contribution < -0.4 is 24.4 Å². The van der Waals surface area contributed by atoms with Crippen LogP contribution in [-0.2, 0) is 20.8 Å². The van der Waals surface area contributed by atoms with Crippen LogP contribution in [0.3, 0.4) is 0 Å². The second-order valence-electron chi connectivity index (χ2n) is 10.2. The predicted octanol–water partition coefficient (Wildman–Crippen LogP) is 5.93. The van der Waals surface area contributed by atoms with Gasteiger partial charge in [0.25, 0.3) is 0 Å². The minimum absolute atomic E-state index is 0.0141. The highest BCUT2D eigenvalue weighted by Gasteiger charge is 2.32. The number of allylic oxidation sites excluding steroid dienone is 2. The van der Waals surface area contributed by atoms with E-state index in [1.165, 1.54) is 45.2 Å². The lowest BCUT2D eigenvalue weighted by molar-refractivity contribution is -0.134. The van der Waals surface area contributed by atoms with E-state index in [1.807, 2.05) is 45.9 Å². The Bertz CT molecular complexity index is 1660. The van der Waals surface area contributed by atoms with Crippen molar-refractivity contribution in [1.29, 1.82) is 0 Å². The third kappa shape index (κ3) is 5.83. The van der Waals surface area contributed by atoms with Crippen molar-refractivity contribution in [2.45, 2.75) is 60.5 Å². The molecule has 0 saturated heterocycles. The summed E-state index contributed by atoms with van der Waals surface area (Å²) in [7, 11) is 0. The quantitative estimate of drug-likeness (QED) is 0.211. The molecule has 40 heavy (non-hydrogen) atoms. The van der Waals surface area contributed by atoms with Crippen molar-refractivity contribution in [3.05, 3.63) is 63.5 Å². The van der Waals surface area contributed by atoms with E-state index in [4.69, 9.17) is 23.4 Å². The van der Waals surface area contributed by atoms with Crippen LogP contribution in [0.2, 0.25) is 0 Å². The zero-order valence-corrected chi connectivity index (χ0v) is 23.4. The minimum atomic E-state index is -0.648. The third-order valence-corrected chi connectivity index (χ3v) is 6.00. The van der Waals surface area contributed by atoms with Crippen molar-refractivity contribution >= 4 is 35.0 Å². The summed E-state index contributed by atoms with van der Waals surface area (Å²) in [6.45, 7) is 11.3. The summed E-state index contributed by atoms with van der Waals surface area (Å²) in [5.74, 6) is -1.38. The molecule has 1 aromatic heterocycles. The zero-order chi connectivity index (χ0) is 29.4. The summed E-state index contributed by atoms with van der Waals surface area (Å²) in [4.78, 5) is 49.6. The Morgan fingerprint density at radius 3 is 2.20 bits per heavy atom. The van der Waals surface area contributed by atoms with Crippen molar-refractivity contribution in [3.8, 4) is 34.1 Å². The topological polar surface area (TPSA) is 118 Å². The Kier molecular flexibility index (Phi) is 7.68. The van der Waals surface area contributed by atoms with Gasteiger partial charge in [0.1, 0.15) is 23.0 Å². The molecule has 1 aliphatic heterocycles. The fourth-order valence-corrected chi connectivity index (χ4v) is 4.34. The molecule has 0 amide bonds. The summed E-state index contributed by atoms with van der Waals surface area (Å²) in [5.41, 5.74) is 1.62. The van der Waals surface area contributed by atoms with Crippen LogP contribution in [0.4, 0.5) is 0 Å². The van der Waals surface area contributed by atoms with Crippen LogP contribution in [0.25, 0.3) is 28.2 Å². The number of hydrogen-bond acceptors (Lipinski definition) is 9. The van der Waals surface area contributed by atoms with E-state index in [0.717, 1.165) is 5.57 Å². The van der Waals surface area contributed by atoms with E-state index < -0.39 is 28.9 Å². The van der Waals surface area contributed by atoms with Crippen molar-refractivity contribution in [3.63, 3.8) is 0 Å². The van der Waals surface area contributed by atoms with Gasteiger partial charge in [-0.2, -0.15) is 0 Å². The van der Waals surface area contributed by atoms with Gasteiger partial charge in [-0.3, -0.25) is 19.2 Å².